The van der Waals surface area contributed by atoms with Crippen molar-refractivity contribution in [3.8, 4) is 11.3 Å². The van der Waals surface area contributed by atoms with Gasteiger partial charge in [-0.2, -0.15) is 0 Å². The molecule has 1 fully saturated rings. The number of aromatic amines is 1. The Kier molecular flexibility index (Phi) is 5.13. The smallest absolute Gasteiger partial charge is 0.220 e. The number of hydrogen-bond acceptors (Lipinski definition) is 2. The van der Waals surface area contributed by atoms with Gasteiger partial charge < -0.3 is 15.4 Å². The largest absolute Gasteiger partial charge is 0.391 e. The summed E-state index contributed by atoms with van der Waals surface area (Å²) in [5.74, 6) is -0.819. The molecule has 0 saturated heterocycles. The lowest BCUT2D eigenvalue weighted by Gasteiger charge is -2.16. The number of aliphatic hydroxyl groups is 1. The van der Waals surface area contributed by atoms with Crippen LogP contribution in [0.15, 0.2) is 42.5 Å². The molecule has 0 radical (unpaired) electrons. The third kappa shape index (κ3) is 3.78. The first-order valence-corrected chi connectivity index (χ1v) is 9.55. The Hall–Kier alpha value is -2.73. The predicted molar refractivity (Wildman–Crippen MR) is 104 cm³/mol. The van der Waals surface area contributed by atoms with Crippen LogP contribution >= 0.6 is 0 Å². The van der Waals surface area contributed by atoms with E-state index in [1.54, 1.807) is 18.2 Å². The molecule has 146 valence electrons. The first-order chi connectivity index (χ1) is 13.5. The molecule has 2 aromatic carbocycles. The molecule has 28 heavy (non-hydrogen) atoms. The standard InChI is InChI=1S/C22H22F2N2O2/c23-14-6-4-13(5-7-14)22-16(17-12-15(24)8-10-18(17)26-22)9-11-21(28)25-19-2-1-3-20(19)27/h4-8,10,12,19-20,26-27H,1-3,9,11H2,(H,25,28)/t19-,20+/m0/s1. The summed E-state index contributed by atoms with van der Waals surface area (Å²) in [6, 6.07) is 10.4. The number of aliphatic hydroxyl groups excluding tert-OH is 1. The summed E-state index contributed by atoms with van der Waals surface area (Å²) in [6.45, 7) is 0. The molecule has 1 aliphatic carbocycles. The predicted octanol–water partition coefficient (Wildman–Crippen LogP) is 4.08. The Morgan fingerprint density at radius 2 is 1.86 bits per heavy atom. The SMILES string of the molecule is O=C(CCc1c(-c2ccc(F)cc2)[nH]c2ccc(F)cc12)N[C@H]1CCC[C@H]1O. The highest BCUT2D eigenvalue weighted by Crippen LogP contribution is 2.32. The van der Waals surface area contributed by atoms with E-state index in [-0.39, 0.29) is 30.0 Å². The van der Waals surface area contributed by atoms with E-state index >= 15 is 0 Å². The van der Waals surface area contributed by atoms with Gasteiger partial charge in [0, 0.05) is 23.0 Å². The topological polar surface area (TPSA) is 65.1 Å². The van der Waals surface area contributed by atoms with Gasteiger partial charge in [-0.3, -0.25) is 4.79 Å². The third-order valence-corrected chi connectivity index (χ3v) is 5.43. The molecule has 1 heterocycles. The molecule has 0 unspecified atom stereocenters. The fraction of sp³-hybridized carbons (Fsp3) is 0.318. The number of aromatic nitrogens is 1. The lowest BCUT2D eigenvalue weighted by molar-refractivity contribution is -0.122. The number of hydrogen-bond donors (Lipinski definition) is 3. The average Bonchev–Trinajstić information content (AvgIpc) is 3.24. The third-order valence-electron chi connectivity index (χ3n) is 5.43. The van der Waals surface area contributed by atoms with Crippen molar-refractivity contribution in [2.24, 2.45) is 0 Å². The normalized spacial score (nSPS) is 19.2. The molecular formula is C22H22F2N2O2. The van der Waals surface area contributed by atoms with E-state index in [2.05, 4.69) is 10.3 Å². The van der Waals surface area contributed by atoms with Crippen molar-refractivity contribution >= 4 is 16.8 Å². The number of H-pyrrole nitrogens is 1. The van der Waals surface area contributed by atoms with Crippen molar-refractivity contribution in [1.29, 1.82) is 0 Å². The summed E-state index contributed by atoms with van der Waals surface area (Å²) in [5, 5.41) is 13.5. The first-order valence-electron chi connectivity index (χ1n) is 9.55. The van der Waals surface area contributed by atoms with Crippen molar-refractivity contribution < 1.29 is 18.7 Å². The highest BCUT2D eigenvalue weighted by molar-refractivity contribution is 5.91. The van der Waals surface area contributed by atoms with Gasteiger partial charge in [-0.1, -0.05) is 0 Å². The van der Waals surface area contributed by atoms with Crippen molar-refractivity contribution in [1.82, 2.24) is 10.3 Å². The van der Waals surface area contributed by atoms with Crippen LogP contribution in [0.5, 0.6) is 0 Å². The van der Waals surface area contributed by atoms with Gasteiger partial charge in [0.2, 0.25) is 5.91 Å². The maximum atomic E-state index is 13.8. The van der Waals surface area contributed by atoms with Crippen LogP contribution in [0.3, 0.4) is 0 Å². The zero-order chi connectivity index (χ0) is 19.7. The van der Waals surface area contributed by atoms with Gasteiger partial charge in [-0.15, -0.1) is 0 Å². The maximum Gasteiger partial charge on any atom is 0.220 e. The van der Waals surface area contributed by atoms with Crippen LogP contribution in [0.1, 0.15) is 31.2 Å². The molecule has 2 atom stereocenters. The lowest BCUT2D eigenvalue weighted by Crippen LogP contribution is -2.39. The first kappa shape index (κ1) is 18.6. The van der Waals surface area contributed by atoms with E-state index in [0.717, 1.165) is 35.2 Å². The number of nitrogens with one attached hydrogen (secondary N) is 2. The lowest BCUT2D eigenvalue weighted by atomic mass is 10.0. The quantitative estimate of drug-likeness (QED) is 0.621. The molecule has 3 aromatic rings. The molecule has 4 rings (SSSR count). The fourth-order valence-corrected chi connectivity index (χ4v) is 3.97. The molecule has 6 heteroatoms. The van der Waals surface area contributed by atoms with Crippen molar-refractivity contribution in [3.05, 3.63) is 59.7 Å². The molecule has 0 spiro atoms. The molecular weight excluding hydrogens is 362 g/mol. The van der Waals surface area contributed by atoms with Crippen LogP contribution in [-0.2, 0) is 11.2 Å². The van der Waals surface area contributed by atoms with E-state index in [4.69, 9.17) is 0 Å². The van der Waals surface area contributed by atoms with Gasteiger partial charge in [0.1, 0.15) is 11.6 Å². The van der Waals surface area contributed by atoms with Crippen molar-refractivity contribution in [2.75, 3.05) is 0 Å². The number of aryl methyl sites for hydroxylation is 1. The van der Waals surface area contributed by atoms with Gasteiger partial charge >= 0.3 is 0 Å². The number of carbonyl (C=O) groups is 1. The van der Waals surface area contributed by atoms with E-state index in [1.807, 2.05) is 0 Å². The summed E-state index contributed by atoms with van der Waals surface area (Å²) in [6.07, 6.45) is 2.54. The number of amides is 1. The Morgan fingerprint density at radius 3 is 2.57 bits per heavy atom. The van der Waals surface area contributed by atoms with Crippen LogP contribution in [0.2, 0.25) is 0 Å². The molecule has 0 bridgehead atoms. The average molecular weight is 384 g/mol. The van der Waals surface area contributed by atoms with Crippen LogP contribution in [0, 0.1) is 11.6 Å². The van der Waals surface area contributed by atoms with E-state index in [9.17, 15) is 18.7 Å². The minimum absolute atomic E-state index is 0.137. The summed E-state index contributed by atoms with van der Waals surface area (Å²) in [5.41, 5.74) is 3.12. The van der Waals surface area contributed by atoms with Gasteiger partial charge in [0.25, 0.3) is 0 Å². The fourth-order valence-electron chi connectivity index (χ4n) is 3.97. The molecule has 1 amide bonds. The van der Waals surface area contributed by atoms with Crippen LogP contribution in [0.25, 0.3) is 22.2 Å². The van der Waals surface area contributed by atoms with E-state index in [0.29, 0.717) is 18.2 Å². The van der Waals surface area contributed by atoms with E-state index < -0.39 is 6.10 Å². The Labute approximate surface area is 161 Å². The minimum atomic E-state index is -0.485. The highest BCUT2D eigenvalue weighted by atomic mass is 19.1. The molecule has 4 nitrogen and oxygen atoms in total. The summed E-state index contributed by atoms with van der Waals surface area (Å²) in [7, 11) is 0. The van der Waals surface area contributed by atoms with Gasteiger partial charge in [-0.25, -0.2) is 8.78 Å². The van der Waals surface area contributed by atoms with Crippen LogP contribution in [0.4, 0.5) is 8.78 Å². The number of carbonyl (C=O) groups excluding carboxylic acids is 1. The minimum Gasteiger partial charge on any atom is -0.391 e. The van der Waals surface area contributed by atoms with Crippen LogP contribution < -0.4 is 5.32 Å². The van der Waals surface area contributed by atoms with Crippen LogP contribution in [-0.4, -0.2) is 28.1 Å². The second-order valence-corrected chi connectivity index (χ2v) is 7.35. The van der Waals surface area contributed by atoms with Gasteiger partial charge in [-0.05, 0) is 79.3 Å². The second-order valence-electron chi connectivity index (χ2n) is 7.35. The molecule has 1 saturated carbocycles. The second kappa shape index (κ2) is 7.72. The number of fused-ring (bicyclic) bond motifs is 1. The van der Waals surface area contributed by atoms with E-state index in [1.165, 1.54) is 24.3 Å². The summed E-state index contributed by atoms with van der Waals surface area (Å²) < 4.78 is 27.1. The maximum absolute atomic E-state index is 13.8. The Morgan fingerprint density at radius 1 is 1.11 bits per heavy atom. The van der Waals surface area contributed by atoms with Crippen molar-refractivity contribution in [3.63, 3.8) is 0 Å². The Bertz CT molecular complexity index is 998. The number of halogens is 2. The Balaban J connectivity index is 1.60. The van der Waals surface area contributed by atoms with Crippen molar-refractivity contribution in [2.45, 2.75) is 44.2 Å². The molecule has 1 aromatic heterocycles. The highest BCUT2D eigenvalue weighted by Gasteiger charge is 2.26. The molecule has 0 aliphatic heterocycles. The summed E-state index contributed by atoms with van der Waals surface area (Å²) >= 11 is 0. The number of rotatable bonds is 5. The summed E-state index contributed by atoms with van der Waals surface area (Å²) in [4.78, 5) is 15.6. The monoisotopic (exact) mass is 384 g/mol. The molecule has 3 N–H and O–H groups in total. The van der Waals surface area contributed by atoms with Gasteiger partial charge in [0.05, 0.1) is 12.1 Å². The molecule has 1 aliphatic rings. The number of benzene rings is 2. The zero-order valence-corrected chi connectivity index (χ0v) is 15.3. The zero-order valence-electron chi connectivity index (χ0n) is 15.3. The van der Waals surface area contributed by atoms with Gasteiger partial charge in [0.15, 0.2) is 0 Å².